The molecule has 0 aliphatic heterocycles. The Kier molecular flexibility index (Phi) is 5.39. The van der Waals surface area contributed by atoms with Crippen LogP contribution in [0.3, 0.4) is 0 Å². The van der Waals surface area contributed by atoms with Gasteiger partial charge in [-0.3, -0.25) is 23.6 Å². The molecule has 0 bridgehead atoms. The molecule has 0 saturated heterocycles. The first kappa shape index (κ1) is 22.4. The van der Waals surface area contributed by atoms with Crippen LogP contribution >= 0.6 is 0 Å². The van der Waals surface area contributed by atoms with Crippen molar-refractivity contribution in [3.05, 3.63) is 77.6 Å². The minimum Gasteiger partial charge on any atom is -0.345 e. The van der Waals surface area contributed by atoms with Crippen molar-refractivity contribution in [2.75, 3.05) is 6.54 Å². The molecule has 8 nitrogen and oxygen atoms in total. The van der Waals surface area contributed by atoms with E-state index in [9.17, 15) is 22.8 Å². The molecule has 0 atom stereocenters. The topological polar surface area (TPSA) is 86.7 Å². The molecule has 5 aromatic rings. The zero-order valence-electron chi connectivity index (χ0n) is 18.5. The Morgan fingerprint density at radius 3 is 2.40 bits per heavy atom. The van der Waals surface area contributed by atoms with Crippen molar-refractivity contribution in [1.82, 2.24) is 29.2 Å². The average Bonchev–Trinajstić information content (AvgIpc) is 3.35. The molecular weight excluding hydrogens is 461 g/mol. The van der Waals surface area contributed by atoms with Crippen molar-refractivity contribution in [3.63, 3.8) is 0 Å². The number of imidazole rings is 1. The van der Waals surface area contributed by atoms with Gasteiger partial charge in [0, 0.05) is 24.2 Å². The van der Waals surface area contributed by atoms with Crippen LogP contribution in [0.15, 0.2) is 71.9 Å². The predicted molar refractivity (Wildman–Crippen MR) is 124 cm³/mol. The summed E-state index contributed by atoms with van der Waals surface area (Å²) in [6, 6.07) is 14.1. The van der Waals surface area contributed by atoms with E-state index in [1.165, 1.54) is 4.57 Å². The highest BCUT2D eigenvalue weighted by Crippen LogP contribution is 2.28. The fourth-order valence-corrected chi connectivity index (χ4v) is 4.09. The first-order valence-corrected chi connectivity index (χ1v) is 10.6. The van der Waals surface area contributed by atoms with Gasteiger partial charge in [-0.2, -0.15) is 18.3 Å². The lowest BCUT2D eigenvalue weighted by Crippen LogP contribution is -2.37. The highest BCUT2D eigenvalue weighted by molar-refractivity contribution is 5.93. The third-order valence-electron chi connectivity index (χ3n) is 5.74. The molecule has 1 N–H and O–H groups in total. The molecule has 0 unspecified atom stereocenters. The molecule has 0 saturated carbocycles. The molecule has 3 heterocycles. The van der Waals surface area contributed by atoms with Crippen molar-refractivity contribution in [3.8, 4) is 16.8 Å². The number of benzene rings is 2. The number of fused-ring (bicyclic) bond motifs is 2. The van der Waals surface area contributed by atoms with E-state index in [0.29, 0.717) is 16.7 Å². The van der Waals surface area contributed by atoms with E-state index >= 15 is 0 Å². The third kappa shape index (κ3) is 4.16. The fraction of sp³-hybridized carbons (Fsp3) is 0.167. The highest BCUT2D eigenvalue weighted by atomic mass is 19.4. The smallest absolute Gasteiger partial charge is 0.345 e. The van der Waals surface area contributed by atoms with Crippen LogP contribution in [0.5, 0.6) is 0 Å². The van der Waals surface area contributed by atoms with Gasteiger partial charge in [-0.05, 0) is 29.8 Å². The van der Waals surface area contributed by atoms with Crippen molar-refractivity contribution in [2.45, 2.75) is 12.7 Å². The van der Waals surface area contributed by atoms with Crippen molar-refractivity contribution >= 4 is 27.8 Å². The monoisotopic (exact) mass is 480 g/mol. The number of hydrogen-bond acceptors (Lipinski definition) is 4. The van der Waals surface area contributed by atoms with Crippen LogP contribution in [0.4, 0.5) is 13.2 Å². The molecule has 0 aliphatic rings. The summed E-state index contributed by atoms with van der Waals surface area (Å²) in [5.41, 5.74) is 3.64. The fourth-order valence-electron chi connectivity index (χ4n) is 4.09. The number of para-hydroxylation sites is 2. The van der Waals surface area contributed by atoms with Crippen LogP contribution < -0.4 is 11.0 Å². The molecule has 0 spiro atoms. The van der Waals surface area contributed by atoms with Gasteiger partial charge in [-0.15, -0.1) is 0 Å². The second-order valence-electron chi connectivity index (χ2n) is 8.02. The van der Waals surface area contributed by atoms with Gasteiger partial charge in [0.05, 0.1) is 34.6 Å². The molecular formula is C24H19F3N6O2. The summed E-state index contributed by atoms with van der Waals surface area (Å²) >= 11 is 0. The van der Waals surface area contributed by atoms with E-state index in [0.717, 1.165) is 26.6 Å². The first-order chi connectivity index (χ1) is 16.7. The number of alkyl halides is 3. The maximum absolute atomic E-state index is 13.3. The predicted octanol–water partition coefficient (Wildman–Crippen LogP) is 3.42. The summed E-state index contributed by atoms with van der Waals surface area (Å²) < 4.78 is 41.7. The normalized spacial score (nSPS) is 11.9. The Morgan fingerprint density at radius 1 is 0.971 bits per heavy atom. The van der Waals surface area contributed by atoms with Gasteiger partial charge < -0.3 is 5.32 Å². The van der Waals surface area contributed by atoms with Crippen LogP contribution in [0, 0.1) is 0 Å². The maximum Gasteiger partial charge on any atom is 0.405 e. The van der Waals surface area contributed by atoms with Crippen LogP contribution in [0.2, 0.25) is 0 Å². The molecule has 11 heteroatoms. The molecule has 178 valence electrons. The number of pyridine rings is 1. The average molecular weight is 480 g/mol. The zero-order chi connectivity index (χ0) is 24.7. The van der Waals surface area contributed by atoms with E-state index < -0.39 is 30.9 Å². The van der Waals surface area contributed by atoms with Crippen LogP contribution in [-0.2, 0) is 18.4 Å². The lowest BCUT2D eigenvalue weighted by Gasteiger charge is -2.08. The van der Waals surface area contributed by atoms with Crippen molar-refractivity contribution in [2.24, 2.45) is 7.05 Å². The van der Waals surface area contributed by atoms with E-state index in [-0.39, 0.29) is 0 Å². The number of aromatic nitrogens is 5. The Morgan fingerprint density at radius 2 is 1.69 bits per heavy atom. The van der Waals surface area contributed by atoms with Gasteiger partial charge in [-0.25, -0.2) is 4.79 Å². The van der Waals surface area contributed by atoms with Crippen LogP contribution in [-0.4, -0.2) is 42.5 Å². The molecule has 2 aromatic carbocycles. The largest absolute Gasteiger partial charge is 0.405 e. The molecule has 5 rings (SSSR count). The summed E-state index contributed by atoms with van der Waals surface area (Å²) in [4.78, 5) is 29.7. The molecule has 0 radical (unpaired) electrons. The minimum atomic E-state index is -4.54. The molecule has 0 aliphatic carbocycles. The van der Waals surface area contributed by atoms with E-state index in [4.69, 9.17) is 0 Å². The van der Waals surface area contributed by atoms with Gasteiger partial charge in [0.15, 0.2) is 0 Å². The number of hydrogen-bond donors (Lipinski definition) is 1. The van der Waals surface area contributed by atoms with Gasteiger partial charge in [0.25, 0.3) is 0 Å². The quantitative estimate of drug-likeness (QED) is 0.418. The molecule has 1 amide bonds. The number of nitrogens with one attached hydrogen (secondary N) is 1. The number of rotatable bonds is 5. The molecule has 3 aromatic heterocycles. The van der Waals surface area contributed by atoms with Crippen LogP contribution in [0.25, 0.3) is 38.8 Å². The maximum atomic E-state index is 13.3. The number of nitrogens with zero attached hydrogens (tertiary/aromatic N) is 5. The number of carbonyl (C=O) groups is 1. The van der Waals surface area contributed by atoms with E-state index in [1.54, 1.807) is 59.7 Å². The lowest BCUT2D eigenvalue weighted by atomic mass is 10.0. The van der Waals surface area contributed by atoms with E-state index in [2.05, 4.69) is 10.1 Å². The summed E-state index contributed by atoms with van der Waals surface area (Å²) in [7, 11) is 1.84. The summed E-state index contributed by atoms with van der Waals surface area (Å²) in [5.74, 6) is -0.903. The SMILES string of the molecule is Cn1ncc2c(-c3ccc(-n4c(=O)n(CC(=O)NCC(F)(F)F)c5ccccc54)cc3)cncc21. The Labute approximate surface area is 196 Å². The van der Waals surface area contributed by atoms with Gasteiger partial charge in [0.1, 0.15) is 13.1 Å². The second kappa shape index (κ2) is 8.42. The lowest BCUT2D eigenvalue weighted by molar-refractivity contribution is -0.138. The van der Waals surface area contributed by atoms with E-state index in [1.807, 2.05) is 24.5 Å². The Balaban J connectivity index is 1.52. The number of aryl methyl sites for hydroxylation is 1. The van der Waals surface area contributed by atoms with Gasteiger partial charge in [-0.1, -0.05) is 24.3 Å². The van der Waals surface area contributed by atoms with Crippen molar-refractivity contribution in [1.29, 1.82) is 0 Å². The van der Waals surface area contributed by atoms with Crippen molar-refractivity contribution < 1.29 is 18.0 Å². The minimum absolute atomic E-state index is 0.438. The number of amides is 1. The zero-order valence-corrected chi connectivity index (χ0v) is 18.5. The number of halogens is 3. The Hall–Kier alpha value is -4.41. The Bertz CT molecular complexity index is 1610. The third-order valence-corrected chi connectivity index (χ3v) is 5.74. The molecule has 35 heavy (non-hydrogen) atoms. The van der Waals surface area contributed by atoms with Crippen LogP contribution in [0.1, 0.15) is 0 Å². The standard InChI is InChI=1S/C24H19F3N6O2/c1-31-21-12-28-10-17(18(21)11-30-31)15-6-8-16(9-7-15)33-20-5-3-2-4-19(20)32(23(33)35)13-22(34)29-14-24(25,26)27/h2-12H,13-14H2,1H3,(H,29,34). The summed E-state index contributed by atoms with van der Waals surface area (Å²) in [6.07, 6.45) is 0.713. The summed E-state index contributed by atoms with van der Waals surface area (Å²) in [5, 5.41) is 7.03. The first-order valence-electron chi connectivity index (χ1n) is 10.6. The highest BCUT2D eigenvalue weighted by Gasteiger charge is 2.28. The molecule has 0 fully saturated rings. The number of carbonyl (C=O) groups excluding carboxylic acids is 1. The second-order valence-corrected chi connectivity index (χ2v) is 8.02. The van der Waals surface area contributed by atoms with Gasteiger partial charge in [0.2, 0.25) is 5.91 Å². The van der Waals surface area contributed by atoms with Gasteiger partial charge >= 0.3 is 11.9 Å². The summed E-state index contributed by atoms with van der Waals surface area (Å²) in [6.45, 7) is -1.99.